The number of hydrogen-bond donors (Lipinski definition) is 0. The maximum absolute atomic E-state index is 13.0. The topological polar surface area (TPSA) is 90.2 Å². The summed E-state index contributed by atoms with van der Waals surface area (Å²) in [6.07, 6.45) is 0. The van der Waals surface area contributed by atoms with Gasteiger partial charge >= 0.3 is 6.55 Å². The fraction of sp³-hybridized carbons (Fsp3) is 0.562. The standard InChI is InChI=1S/C16H20ClF2N5O3S/c1-9-7-27-5-4-23(9)13-6-12(20-15(17)21-13)8-28(25,26)14-10(2)22-24(11(14)3)16(18)19/h6,9,16H,4-5,7-8H2,1-3H3/t9-/m0/s1. The number of aryl methyl sites for hydroxylation is 1. The molecule has 0 bridgehead atoms. The van der Waals surface area contributed by atoms with Crippen LogP contribution in [0.2, 0.25) is 5.28 Å². The number of rotatable bonds is 5. The number of sulfone groups is 1. The van der Waals surface area contributed by atoms with Crippen LogP contribution < -0.4 is 4.90 Å². The predicted molar refractivity (Wildman–Crippen MR) is 98.5 cm³/mol. The van der Waals surface area contributed by atoms with Gasteiger partial charge in [0, 0.05) is 12.6 Å². The molecule has 8 nitrogen and oxygen atoms in total. The molecule has 1 fully saturated rings. The second kappa shape index (κ2) is 7.88. The molecule has 0 saturated carbocycles. The minimum Gasteiger partial charge on any atom is -0.377 e. The molecule has 154 valence electrons. The van der Waals surface area contributed by atoms with Crippen molar-refractivity contribution in [1.82, 2.24) is 19.7 Å². The summed E-state index contributed by atoms with van der Waals surface area (Å²) in [4.78, 5) is 9.93. The number of anilines is 1. The van der Waals surface area contributed by atoms with Crippen LogP contribution in [0.25, 0.3) is 0 Å². The van der Waals surface area contributed by atoms with Crippen molar-refractivity contribution in [3.63, 3.8) is 0 Å². The Morgan fingerprint density at radius 2 is 2.07 bits per heavy atom. The van der Waals surface area contributed by atoms with E-state index in [-0.39, 0.29) is 33.3 Å². The highest BCUT2D eigenvalue weighted by Gasteiger charge is 2.29. The van der Waals surface area contributed by atoms with Crippen LogP contribution >= 0.6 is 11.6 Å². The van der Waals surface area contributed by atoms with Gasteiger partial charge in [0.2, 0.25) is 5.28 Å². The van der Waals surface area contributed by atoms with E-state index in [1.807, 2.05) is 11.8 Å². The summed E-state index contributed by atoms with van der Waals surface area (Å²) in [7, 11) is -3.97. The summed E-state index contributed by atoms with van der Waals surface area (Å²) in [6, 6.07) is 1.59. The first kappa shape index (κ1) is 20.9. The van der Waals surface area contributed by atoms with Crippen LogP contribution in [-0.2, 0) is 20.3 Å². The Bertz CT molecular complexity index is 983. The highest BCUT2D eigenvalue weighted by molar-refractivity contribution is 7.90. The van der Waals surface area contributed by atoms with E-state index >= 15 is 0 Å². The Hall–Kier alpha value is -1.85. The molecule has 12 heteroatoms. The van der Waals surface area contributed by atoms with E-state index in [9.17, 15) is 17.2 Å². The molecule has 28 heavy (non-hydrogen) atoms. The summed E-state index contributed by atoms with van der Waals surface area (Å²) >= 11 is 6.01. The zero-order valence-electron chi connectivity index (χ0n) is 15.6. The lowest BCUT2D eigenvalue weighted by Gasteiger charge is -2.34. The van der Waals surface area contributed by atoms with E-state index in [1.54, 1.807) is 6.07 Å². The van der Waals surface area contributed by atoms with Crippen molar-refractivity contribution in [3.05, 3.63) is 28.4 Å². The third kappa shape index (κ3) is 4.11. The quantitative estimate of drug-likeness (QED) is 0.666. The van der Waals surface area contributed by atoms with Gasteiger partial charge in [0.1, 0.15) is 10.7 Å². The minimum absolute atomic E-state index is 0.0139. The van der Waals surface area contributed by atoms with Crippen molar-refractivity contribution < 1.29 is 21.9 Å². The van der Waals surface area contributed by atoms with Crippen LogP contribution in [0.4, 0.5) is 14.6 Å². The lowest BCUT2D eigenvalue weighted by molar-refractivity contribution is 0.0538. The van der Waals surface area contributed by atoms with Gasteiger partial charge in [-0.05, 0) is 32.4 Å². The van der Waals surface area contributed by atoms with Gasteiger partial charge in [0.25, 0.3) is 0 Å². The highest BCUT2D eigenvalue weighted by atomic mass is 35.5. The third-order valence-electron chi connectivity index (χ3n) is 4.49. The number of alkyl halides is 2. The predicted octanol–water partition coefficient (Wildman–Crippen LogP) is 2.54. The second-order valence-corrected chi connectivity index (χ2v) is 8.85. The van der Waals surface area contributed by atoms with Crippen LogP contribution in [0.1, 0.15) is 30.6 Å². The molecule has 2 aromatic rings. The Balaban J connectivity index is 1.95. The molecule has 0 aliphatic carbocycles. The number of aromatic nitrogens is 4. The minimum atomic E-state index is -3.97. The Labute approximate surface area is 166 Å². The number of halogens is 3. The zero-order valence-corrected chi connectivity index (χ0v) is 17.1. The molecule has 0 amide bonds. The van der Waals surface area contributed by atoms with Crippen LogP contribution in [0, 0.1) is 13.8 Å². The molecular formula is C16H20ClF2N5O3S. The second-order valence-electron chi connectivity index (χ2n) is 6.59. The van der Waals surface area contributed by atoms with Crippen molar-refractivity contribution in [2.24, 2.45) is 0 Å². The van der Waals surface area contributed by atoms with E-state index in [0.29, 0.717) is 30.3 Å². The van der Waals surface area contributed by atoms with Gasteiger partial charge in [0.15, 0.2) is 9.84 Å². The molecule has 0 aromatic carbocycles. The fourth-order valence-corrected chi connectivity index (χ4v) is 5.21. The van der Waals surface area contributed by atoms with E-state index in [4.69, 9.17) is 16.3 Å². The van der Waals surface area contributed by atoms with Gasteiger partial charge in [-0.1, -0.05) is 0 Å². The van der Waals surface area contributed by atoms with Gasteiger partial charge < -0.3 is 9.64 Å². The van der Waals surface area contributed by atoms with E-state index < -0.39 is 22.1 Å². The van der Waals surface area contributed by atoms with Gasteiger partial charge in [-0.15, -0.1) is 0 Å². The molecule has 3 heterocycles. The van der Waals surface area contributed by atoms with Crippen LogP contribution in [0.15, 0.2) is 11.0 Å². The molecule has 1 aliphatic rings. The molecule has 2 aromatic heterocycles. The molecule has 0 spiro atoms. The summed E-state index contributed by atoms with van der Waals surface area (Å²) < 4.78 is 57.7. The third-order valence-corrected chi connectivity index (χ3v) is 6.55. The first-order chi connectivity index (χ1) is 13.1. The van der Waals surface area contributed by atoms with E-state index in [0.717, 1.165) is 0 Å². The molecule has 1 atom stereocenters. The summed E-state index contributed by atoms with van der Waals surface area (Å²) in [6.45, 7) is 3.33. The van der Waals surface area contributed by atoms with Gasteiger partial charge in [0.05, 0.1) is 42.1 Å². The maximum atomic E-state index is 13.0. The number of hydrogen-bond acceptors (Lipinski definition) is 7. The van der Waals surface area contributed by atoms with Crippen LogP contribution in [-0.4, -0.2) is 54.0 Å². The fourth-order valence-electron chi connectivity index (χ4n) is 3.30. The van der Waals surface area contributed by atoms with Crippen LogP contribution in [0.5, 0.6) is 0 Å². The molecule has 0 unspecified atom stereocenters. The van der Waals surface area contributed by atoms with Crippen molar-refractivity contribution in [2.45, 2.75) is 44.0 Å². The SMILES string of the molecule is Cc1nn(C(F)F)c(C)c1S(=O)(=O)Cc1cc(N2CCOC[C@@H]2C)nc(Cl)n1. The number of ether oxygens (including phenoxy) is 1. The van der Waals surface area contributed by atoms with E-state index in [1.165, 1.54) is 13.8 Å². The lowest BCUT2D eigenvalue weighted by atomic mass is 10.2. The number of morpholine rings is 1. The van der Waals surface area contributed by atoms with Crippen molar-refractivity contribution >= 4 is 27.3 Å². The lowest BCUT2D eigenvalue weighted by Crippen LogP contribution is -2.44. The van der Waals surface area contributed by atoms with Gasteiger partial charge in [-0.2, -0.15) is 13.9 Å². The Morgan fingerprint density at radius 3 is 2.68 bits per heavy atom. The molecule has 0 radical (unpaired) electrons. The van der Waals surface area contributed by atoms with Gasteiger partial charge in [-0.25, -0.2) is 23.1 Å². The monoisotopic (exact) mass is 435 g/mol. The molecular weight excluding hydrogens is 416 g/mol. The van der Waals surface area contributed by atoms with Gasteiger partial charge in [-0.3, -0.25) is 0 Å². The average Bonchev–Trinajstić information content (AvgIpc) is 2.89. The summed E-state index contributed by atoms with van der Waals surface area (Å²) in [5.74, 6) is -0.00452. The first-order valence-corrected chi connectivity index (χ1v) is 10.6. The smallest absolute Gasteiger partial charge is 0.333 e. The Kier molecular flexibility index (Phi) is 5.87. The number of nitrogens with zero attached hydrogens (tertiary/aromatic N) is 5. The van der Waals surface area contributed by atoms with Crippen molar-refractivity contribution in [1.29, 1.82) is 0 Å². The average molecular weight is 436 g/mol. The van der Waals surface area contributed by atoms with Crippen molar-refractivity contribution in [2.75, 3.05) is 24.7 Å². The normalized spacial score (nSPS) is 18.1. The highest BCUT2D eigenvalue weighted by Crippen LogP contribution is 2.27. The first-order valence-electron chi connectivity index (χ1n) is 8.54. The zero-order chi connectivity index (χ0) is 20.6. The molecule has 0 N–H and O–H groups in total. The largest absolute Gasteiger partial charge is 0.377 e. The van der Waals surface area contributed by atoms with Crippen LogP contribution in [0.3, 0.4) is 0 Å². The molecule has 1 aliphatic heterocycles. The molecule has 3 rings (SSSR count). The maximum Gasteiger partial charge on any atom is 0.333 e. The van der Waals surface area contributed by atoms with Crippen molar-refractivity contribution in [3.8, 4) is 0 Å². The Morgan fingerprint density at radius 1 is 1.36 bits per heavy atom. The summed E-state index contributed by atoms with van der Waals surface area (Å²) in [5, 5.41) is 3.56. The summed E-state index contributed by atoms with van der Waals surface area (Å²) in [5.41, 5.74) is 0.0759. The van der Waals surface area contributed by atoms with E-state index in [2.05, 4.69) is 15.1 Å². The molecule has 1 saturated heterocycles.